The van der Waals surface area contributed by atoms with Crippen molar-refractivity contribution in [2.45, 2.75) is 31.8 Å². The van der Waals surface area contributed by atoms with Gasteiger partial charge in [0.15, 0.2) is 0 Å². The summed E-state index contributed by atoms with van der Waals surface area (Å²) in [5.74, 6) is -0.322. The molecule has 2 atom stereocenters. The second-order valence-corrected chi connectivity index (χ2v) is 6.35. The first-order valence-electron chi connectivity index (χ1n) is 8.76. The molecule has 3 N–H and O–H groups in total. The van der Waals surface area contributed by atoms with Crippen LogP contribution in [0, 0.1) is 0 Å². The van der Waals surface area contributed by atoms with Gasteiger partial charge in [0.05, 0.1) is 18.8 Å². The van der Waals surface area contributed by atoms with E-state index in [2.05, 4.69) is 16.1 Å². The van der Waals surface area contributed by atoms with Gasteiger partial charge in [-0.25, -0.2) is 4.79 Å². The van der Waals surface area contributed by atoms with Crippen molar-refractivity contribution in [1.82, 2.24) is 21.1 Å². The number of carbonyl (C=O) groups is 3. The Kier molecular flexibility index (Phi) is 5.27. The van der Waals surface area contributed by atoms with Crippen molar-refractivity contribution < 1.29 is 18.8 Å². The lowest BCUT2D eigenvalue weighted by Crippen LogP contribution is -2.50. The zero-order valence-electron chi connectivity index (χ0n) is 15.2. The summed E-state index contributed by atoms with van der Waals surface area (Å²) < 4.78 is 5.26. The number of hydrogen-bond acceptors (Lipinski definition) is 5. The summed E-state index contributed by atoms with van der Waals surface area (Å²) >= 11 is 0. The Morgan fingerprint density at radius 1 is 1.22 bits per heavy atom. The fourth-order valence-electron chi connectivity index (χ4n) is 3.09. The highest BCUT2D eigenvalue weighted by Crippen LogP contribution is 2.31. The smallest absolute Gasteiger partial charge is 0.344 e. The summed E-state index contributed by atoms with van der Waals surface area (Å²) in [7, 11) is 0. The van der Waals surface area contributed by atoms with Gasteiger partial charge in [-0.1, -0.05) is 37.3 Å². The first-order chi connectivity index (χ1) is 13.0. The molecule has 2 aromatic rings. The molecule has 142 valence electrons. The van der Waals surface area contributed by atoms with Crippen LogP contribution in [0.3, 0.4) is 0 Å². The Balaban J connectivity index is 1.66. The van der Waals surface area contributed by atoms with Crippen molar-refractivity contribution in [2.24, 2.45) is 0 Å². The van der Waals surface area contributed by atoms with Crippen molar-refractivity contribution in [3.05, 3.63) is 60.1 Å². The van der Waals surface area contributed by atoms with Crippen LogP contribution in [0.5, 0.6) is 0 Å². The molecular weight excluding hydrogens is 348 g/mol. The molecule has 8 heteroatoms. The Morgan fingerprint density at radius 2 is 1.96 bits per heavy atom. The van der Waals surface area contributed by atoms with Crippen LogP contribution in [0.2, 0.25) is 0 Å². The average molecular weight is 370 g/mol. The van der Waals surface area contributed by atoms with E-state index in [0.29, 0.717) is 17.7 Å². The lowest BCUT2D eigenvalue weighted by Gasteiger charge is -2.25. The van der Waals surface area contributed by atoms with Crippen LogP contribution >= 0.6 is 0 Å². The Bertz CT molecular complexity index is 821. The van der Waals surface area contributed by atoms with E-state index < -0.39 is 23.4 Å². The SMILES string of the molecule is CC[C@]1(c2ccccc2)NC(=O)N(NC(=O)CN[C@H](C)c2ccco2)C1=O. The quantitative estimate of drug-likeness (QED) is 0.645. The molecule has 0 unspecified atom stereocenters. The predicted octanol–water partition coefficient (Wildman–Crippen LogP) is 1.82. The van der Waals surface area contributed by atoms with Gasteiger partial charge < -0.3 is 9.73 Å². The summed E-state index contributed by atoms with van der Waals surface area (Å²) in [6.07, 6.45) is 1.91. The third kappa shape index (κ3) is 3.56. The van der Waals surface area contributed by atoms with E-state index >= 15 is 0 Å². The largest absolute Gasteiger partial charge is 0.468 e. The van der Waals surface area contributed by atoms with Crippen molar-refractivity contribution in [3.8, 4) is 0 Å². The molecule has 0 radical (unpaired) electrons. The maximum Gasteiger partial charge on any atom is 0.344 e. The normalized spacial score (nSPS) is 20.4. The van der Waals surface area contributed by atoms with Gasteiger partial charge in [0.25, 0.3) is 11.8 Å². The summed E-state index contributed by atoms with van der Waals surface area (Å²) in [6.45, 7) is 3.57. The third-order valence-corrected chi connectivity index (χ3v) is 4.66. The van der Waals surface area contributed by atoms with E-state index in [1.54, 1.807) is 42.7 Å². The Hall–Kier alpha value is -3.13. The third-order valence-electron chi connectivity index (χ3n) is 4.66. The van der Waals surface area contributed by atoms with Gasteiger partial charge in [-0.05, 0) is 31.0 Å². The first kappa shape index (κ1) is 18.7. The van der Waals surface area contributed by atoms with Crippen molar-refractivity contribution in [3.63, 3.8) is 0 Å². The molecule has 0 saturated carbocycles. The minimum atomic E-state index is -1.18. The number of amides is 4. The molecule has 1 aliphatic heterocycles. The van der Waals surface area contributed by atoms with Gasteiger partial charge in [0.1, 0.15) is 11.3 Å². The Labute approximate surface area is 156 Å². The number of furan rings is 1. The second kappa shape index (κ2) is 7.63. The lowest BCUT2D eigenvalue weighted by atomic mass is 9.87. The molecule has 1 aromatic carbocycles. The van der Waals surface area contributed by atoms with Crippen LogP contribution in [0.25, 0.3) is 0 Å². The molecule has 0 aliphatic carbocycles. The minimum Gasteiger partial charge on any atom is -0.468 e. The maximum atomic E-state index is 12.9. The zero-order chi connectivity index (χ0) is 19.4. The molecule has 1 saturated heterocycles. The first-order valence-corrected chi connectivity index (χ1v) is 8.76. The number of rotatable bonds is 7. The van der Waals surface area contributed by atoms with Crippen LogP contribution in [-0.2, 0) is 15.1 Å². The highest BCUT2D eigenvalue weighted by Gasteiger charge is 2.52. The van der Waals surface area contributed by atoms with Crippen LogP contribution in [0.4, 0.5) is 4.79 Å². The van der Waals surface area contributed by atoms with Crippen molar-refractivity contribution >= 4 is 17.8 Å². The number of nitrogens with one attached hydrogen (secondary N) is 3. The molecule has 3 rings (SSSR count). The van der Waals surface area contributed by atoms with Gasteiger partial charge in [0, 0.05) is 0 Å². The van der Waals surface area contributed by atoms with E-state index in [9.17, 15) is 14.4 Å². The Morgan fingerprint density at radius 3 is 2.59 bits per heavy atom. The zero-order valence-corrected chi connectivity index (χ0v) is 15.2. The van der Waals surface area contributed by atoms with E-state index in [0.717, 1.165) is 5.01 Å². The summed E-state index contributed by atoms with van der Waals surface area (Å²) in [4.78, 5) is 37.5. The number of benzene rings is 1. The second-order valence-electron chi connectivity index (χ2n) is 6.35. The van der Waals surface area contributed by atoms with E-state index in [-0.39, 0.29) is 12.6 Å². The number of hydrazine groups is 1. The number of nitrogens with zero attached hydrogens (tertiary/aromatic N) is 1. The fourth-order valence-corrected chi connectivity index (χ4v) is 3.09. The number of urea groups is 1. The van der Waals surface area contributed by atoms with Gasteiger partial charge >= 0.3 is 6.03 Å². The standard InChI is InChI=1S/C19H22N4O4/c1-3-19(14-8-5-4-6-9-14)17(25)23(18(26)21-19)22-16(24)12-20-13(2)15-10-7-11-27-15/h4-11,13,20H,3,12H2,1-2H3,(H,21,26)(H,22,24)/t13-,19-/m1/s1. The molecule has 1 fully saturated rings. The molecular formula is C19H22N4O4. The maximum absolute atomic E-state index is 12.9. The van der Waals surface area contributed by atoms with Crippen LogP contribution in [0.15, 0.2) is 53.1 Å². The summed E-state index contributed by atoms with van der Waals surface area (Å²) in [5.41, 5.74) is 1.87. The average Bonchev–Trinajstić information content (AvgIpc) is 3.30. The lowest BCUT2D eigenvalue weighted by molar-refractivity contribution is -0.139. The van der Waals surface area contributed by atoms with Crippen molar-refractivity contribution in [2.75, 3.05) is 6.54 Å². The number of hydrogen-bond donors (Lipinski definition) is 3. The topological polar surface area (TPSA) is 104 Å². The molecule has 2 heterocycles. The molecule has 27 heavy (non-hydrogen) atoms. The number of imide groups is 1. The van der Waals surface area contributed by atoms with Crippen LogP contribution in [-0.4, -0.2) is 29.4 Å². The van der Waals surface area contributed by atoms with Crippen LogP contribution < -0.4 is 16.1 Å². The predicted molar refractivity (Wildman–Crippen MR) is 97.1 cm³/mol. The van der Waals surface area contributed by atoms with Gasteiger partial charge in [0.2, 0.25) is 0 Å². The number of carbonyl (C=O) groups excluding carboxylic acids is 3. The van der Waals surface area contributed by atoms with Gasteiger partial charge in [-0.15, -0.1) is 0 Å². The molecule has 0 bridgehead atoms. The van der Waals surface area contributed by atoms with E-state index in [4.69, 9.17) is 4.42 Å². The van der Waals surface area contributed by atoms with Crippen molar-refractivity contribution in [1.29, 1.82) is 0 Å². The van der Waals surface area contributed by atoms with Gasteiger partial charge in [-0.2, -0.15) is 5.01 Å². The molecule has 0 spiro atoms. The fraction of sp³-hybridized carbons (Fsp3) is 0.316. The highest BCUT2D eigenvalue weighted by atomic mass is 16.3. The molecule has 4 amide bonds. The van der Waals surface area contributed by atoms with E-state index in [1.807, 2.05) is 19.9 Å². The monoisotopic (exact) mass is 370 g/mol. The highest BCUT2D eigenvalue weighted by molar-refractivity contribution is 6.08. The van der Waals surface area contributed by atoms with Gasteiger partial charge in [-0.3, -0.25) is 20.3 Å². The summed E-state index contributed by atoms with van der Waals surface area (Å²) in [6, 6.07) is 11.7. The van der Waals surface area contributed by atoms with Crippen LogP contribution in [0.1, 0.15) is 37.6 Å². The minimum absolute atomic E-state index is 0.0800. The van der Waals surface area contributed by atoms with E-state index in [1.165, 1.54) is 0 Å². The summed E-state index contributed by atoms with van der Waals surface area (Å²) in [5, 5.41) is 6.44. The molecule has 1 aliphatic rings. The molecule has 8 nitrogen and oxygen atoms in total. The molecule has 1 aromatic heterocycles.